The van der Waals surface area contributed by atoms with Crippen molar-refractivity contribution in [1.82, 2.24) is 0 Å². The summed E-state index contributed by atoms with van der Waals surface area (Å²) in [5, 5.41) is 0. The Morgan fingerprint density at radius 2 is 2.12 bits per heavy atom. The van der Waals surface area contributed by atoms with Crippen LogP contribution in [0.2, 0.25) is 0 Å². The molecule has 16 heavy (non-hydrogen) atoms. The Hall–Kier alpha value is -1.56. The Labute approximate surface area is 93.6 Å². The molecular formula is C10H11N3O2S. The van der Waals surface area contributed by atoms with Crippen LogP contribution in [-0.2, 0) is 10.0 Å². The first-order valence-corrected chi connectivity index (χ1v) is 6.50. The molecule has 1 saturated carbocycles. The second kappa shape index (κ2) is 2.98. The molecule has 0 saturated heterocycles. The van der Waals surface area contributed by atoms with Gasteiger partial charge in [0.1, 0.15) is 11.2 Å². The summed E-state index contributed by atoms with van der Waals surface area (Å²) >= 11 is 0. The Morgan fingerprint density at radius 3 is 2.81 bits per heavy atom. The van der Waals surface area contributed by atoms with Gasteiger partial charge in [-0.05, 0) is 31.0 Å². The summed E-state index contributed by atoms with van der Waals surface area (Å²) in [7, 11) is -3.53. The minimum Gasteiger partial charge on any atom is -0.399 e. The molecule has 1 aliphatic carbocycles. The van der Waals surface area contributed by atoms with E-state index in [1.54, 1.807) is 12.1 Å². The van der Waals surface area contributed by atoms with Gasteiger partial charge in [0.05, 0.1) is 5.69 Å². The van der Waals surface area contributed by atoms with Crippen molar-refractivity contribution in [3.63, 3.8) is 0 Å². The van der Waals surface area contributed by atoms with Gasteiger partial charge in [0.2, 0.25) is 0 Å². The molecule has 2 N–H and O–H groups in total. The summed E-state index contributed by atoms with van der Waals surface area (Å²) in [4.78, 5) is 2.14. The van der Waals surface area contributed by atoms with E-state index in [0.717, 1.165) is 12.8 Å². The number of benzene rings is 1. The molecule has 2 aliphatic rings. The van der Waals surface area contributed by atoms with E-state index < -0.39 is 10.0 Å². The number of sulfonamides is 1. The predicted molar refractivity (Wildman–Crippen MR) is 62.0 cm³/mol. The average molecular weight is 237 g/mol. The van der Waals surface area contributed by atoms with E-state index in [0.29, 0.717) is 17.4 Å². The molecule has 0 unspecified atom stereocenters. The van der Waals surface area contributed by atoms with E-state index in [9.17, 15) is 8.42 Å². The summed E-state index contributed by atoms with van der Waals surface area (Å²) in [6.45, 7) is 0. The quantitative estimate of drug-likeness (QED) is 0.738. The van der Waals surface area contributed by atoms with E-state index in [-0.39, 0.29) is 4.90 Å². The van der Waals surface area contributed by atoms with Crippen LogP contribution in [0.1, 0.15) is 12.8 Å². The van der Waals surface area contributed by atoms with Crippen molar-refractivity contribution in [2.75, 3.05) is 10.6 Å². The number of anilines is 2. The molecule has 1 fully saturated rings. The number of nitrogens with two attached hydrogens (primary N) is 1. The molecule has 0 radical (unpaired) electrons. The molecule has 1 heterocycles. The number of hydrogen-bond donors (Lipinski definition) is 1. The minimum atomic E-state index is -3.53. The first-order chi connectivity index (χ1) is 7.58. The van der Waals surface area contributed by atoms with Crippen LogP contribution in [0, 0.1) is 0 Å². The molecule has 1 aromatic carbocycles. The molecule has 0 bridgehead atoms. The Bertz CT molecular complexity index is 576. The fraction of sp³-hybridized carbons (Fsp3) is 0.300. The molecule has 1 aliphatic heterocycles. The van der Waals surface area contributed by atoms with Gasteiger partial charge in [0.25, 0.3) is 10.0 Å². The summed E-state index contributed by atoms with van der Waals surface area (Å²) in [5.74, 6) is 0. The van der Waals surface area contributed by atoms with Crippen molar-refractivity contribution >= 4 is 27.7 Å². The third-order valence-corrected chi connectivity index (χ3v) is 4.06. The molecule has 0 aromatic heterocycles. The predicted octanol–water partition coefficient (Wildman–Crippen LogP) is 0.968. The topological polar surface area (TPSA) is 75.8 Å². The van der Waals surface area contributed by atoms with Gasteiger partial charge in [-0.15, -0.1) is 4.40 Å². The molecule has 6 heteroatoms. The highest BCUT2D eigenvalue weighted by molar-refractivity contribution is 7.90. The highest BCUT2D eigenvalue weighted by atomic mass is 32.2. The monoisotopic (exact) mass is 237 g/mol. The van der Waals surface area contributed by atoms with E-state index >= 15 is 0 Å². The Balaban J connectivity index is 2.22. The van der Waals surface area contributed by atoms with Crippen LogP contribution in [0.3, 0.4) is 0 Å². The summed E-state index contributed by atoms with van der Waals surface area (Å²) in [5.41, 5.74) is 6.90. The maximum atomic E-state index is 11.7. The molecule has 0 spiro atoms. The number of rotatable bonds is 1. The second-order valence-corrected chi connectivity index (χ2v) is 5.66. The second-order valence-electron chi connectivity index (χ2n) is 4.06. The third kappa shape index (κ3) is 1.37. The number of nitrogen functional groups attached to an aromatic ring is 1. The zero-order valence-electron chi connectivity index (χ0n) is 8.50. The van der Waals surface area contributed by atoms with Crippen LogP contribution in [0.15, 0.2) is 27.5 Å². The van der Waals surface area contributed by atoms with Crippen LogP contribution >= 0.6 is 0 Å². The number of fused-ring (bicyclic) bond motifs is 1. The lowest BCUT2D eigenvalue weighted by Crippen LogP contribution is -2.29. The standard InChI is InChI=1S/C10H11N3O2S/c11-7-1-4-10-9(5-7)13(8-2-3-8)6-12-16(10,14)15/h1,4-6,8H,2-3,11H2. The molecular weight excluding hydrogens is 226 g/mol. The Kier molecular flexibility index (Phi) is 1.79. The molecule has 5 nitrogen and oxygen atoms in total. The van der Waals surface area contributed by atoms with Crippen LogP contribution in [0.4, 0.5) is 11.4 Å². The summed E-state index contributed by atoms with van der Waals surface area (Å²) in [6, 6.07) is 5.17. The maximum absolute atomic E-state index is 11.7. The SMILES string of the molecule is Nc1ccc2c(c1)N(C1CC1)C=NS2(=O)=O. The van der Waals surface area contributed by atoms with Crippen LogP contribution in [0.5, 0.6) is 0 Å². The first kappa shape index (κ1) is 9.65. The molecule has 0 amide bonds. The smallest absolute Gasteiger partial charge is 0.285 e. The lowest BCUT2D eigenvalue weighted by Gasteiger charge is -2.25. The normalized spacial score (nSPS) is 21.9. The van der Waals surface area contributed by atoms with Gasteiger partial charge >= 0.3 is 0 Å². The van der Waals surface area contributed by atoms with Gasteiger partial charge < -0.3 is 10.6 Å². The molecule has 0 atom stereocenters. The van der Waals surface area contributed by atoms with Gasteiger partial charge in [0.15, 0.2) is 0 Å². The molecule has 84 valence electrons. The van der Waals surface area contributed by atoms with Gasteiger partial charge in [0, 0.05) is 11.7 Å². The van der Waals surface area contributed by atoms with Crippen molar-refractivity contribution in [3.8, 4) is 0 Å². The fourth-order valence-electron chi connectivity index (χ4n) is 1.83. The van der Waals surface area contributed by atoms with Crippen molar-refractivity contribution in [1.29, 1.82) is 0 Å². The van der Waals surface area contributed by atoms with E-state index in [2.05, 4.69) is 4.40 Å². The van der Waals surface area contributed by atoms with Crippen LogP contribution in [0.25, 0.3) is 0 Å². The zero-order chi connectivity index (χ0) is 11.3. The van der Waals surface area contributed by atoms with Crippen LogP contribution in [-0.4, -0.2) is 20.8 Å². The zero-order valence-corrected chi connectivity index (χ0v) is 9.31. The van der Waals surface area contributed by atoms with Crippen molar-refractivity contribution in [3.05, 3.63) is 18.2 Å². The van der Waals surface area contributed by atoms with Crippen molar-refractivity contribution in [2.24, 2.45) is 4.40 Å². The highest BCUT2D eigenvalue weighted by Crippen LogP contribution is 2.38. The van der Waals surface area contributed by atoms with Gasteiger partial charge in [-0.2, -0.15) is 8.42 Å². The van der Waals surface area contributed by atoms with Gasteiger partial charge in [-0.1, -0.05) is 0 Å². The van der Waals surface area contributed by atoms with Crippen molar-refractivity contribution < 1.29 is 8.42 Å². The third-order valence-electron chi connectivity index (χ3n) is 2.79. The lowest BCUT2D eigenvalue weighted by atomic mass is 10.2. The van der Waals surface area contributed by atoms with E-state index in [1.165, 1.54) is 12.4 Å². The van der Waals surface area contributed by atoms with Gasteiger partial charge in [-0.3, -0.25) is 0 Å². The summed E-state index contributed by atoms with van der Waals surface area (Å²) in [6.07, 6.45) is 3.54. The maximum Gasteiger partial charge on any atom is 0.285 e. The lowest BCUT2D eigenvalue weighted by molar-refractivity contribution is 0.597. The van der Waals surface area contributed by atoms with Crippen LogP contribution < -0.4 is 10.6 Å². The Morgan fingerprint density at radius 1 is 1.38 bits per heavy atom. The van der Waals surface area contributed by atoms with Gasteiger partial charge in [-0.25, -0.2) is 0 Å². The highest BCUT2D eigenvalue weighted by Gasteiger charge is 2.34. The number of hydrogen-bond acceptors (Lipinski definition) is 4. The average Bonchev–Trinajstić information content (AvgIpc) is 3.01. The molecule has 1 aromatic rings. The van der Waals surface area contributed by atoms with E-state index in [4.69, 9.17) is 5.73 Å². The van der Waals surface area contributed by atoms with E-state index in [1.807, 2.05) is 4.90 Å². The van der Waals surface area contributed by atoms with Crippen molar-refractivity contribution in [2.45, 2.75) is 23.8 Å². The number of nitrogens with zero attached hydrogens (tertiary/aromatic N) is 2. The fourth-order valence-corrected chi connectivity index (χ4v) is 2.84. The minimum absolute atomic E-state index is 0.246. The molecule has 3 rings (SSSR count). The first-order valence-electron chi connectivity index (χ1n) is 5.06. The summed E-state index contributed by atoms with van der Waals surface area (Å²) < 4.78 is 27.0. The largest absolute Gasteiger partial charge is 0.399 e.